The van der Waals surface area contributed by atoms with Crippen molar-refractivity contribution in [1.29, 1.82) is 0 Å². The van der Waals surface area contributed by atoms with Gasteiger partial charge in [0.1, 0.15) is 5.82 Å². The molecule has 0 bridgehead atoms. The molecule has 1 atom stereocenters. The molecule has 0 spiro atoms. The average Bonchev–Trinajstić information content (AvgIpc) is 2.94. The van der Waals surface area contributed by atoms with Crippen LogP contribution in [0.4, 0.5) is 10.1 Å². The highest BCUT2D eigenvalue weighted by molar-refractivity contribution is 6.07. The van der Waals surface area contributed by atoms with E-state index in [2.05, 4.69) is 15.5 Å². The number of carbonyl (C=O) groups excluding carboxylic acids is 1. The molecule has 3 rings (SSSR count). The van der Waals surface area contributed by atoms with Crippen molar-refractivity contribution in [3.63, 3.8) is 0 Å². The Bertz CT molecular complexity index is 774. The van der Waals surface area contributed by atoms with Crippen molar-refractivity contribution in [2.24, 2.45) is 5.16 Å². The molecule has 6 heteroatoms. The van der Waals surface area contributed by atoms with Gasteiger partial charge < -0.3 is 10.2 Å². The number of pyridine rings is 1. The van der Waals surface area contributed by atoms with Gasteiger partial charge in [-0.25, -0.2) is 4.39 Å². The molecule has 0 fully saturated rings. The molecule has 5 nitrogen and oxygen atoms in total. The molecule has 1 aromatic heterocycles. The number of amides is 1. The molecule has 23 heavy (non-hydrogen) atoms. The zero-order valence-corrected chi connectivity index (χ0v) is 12.8. The van der Waals surface area contributed by atoms with E-state index in [9.17, 15) is 9.18 Å². The number of aromatic nitrogens is 1. The summed E-state index contributed by atoms with van der Waals surface area (Å²) in [6.45, 7) is 3.49. The minimum absolute atomic E-state index is 0.297. The van der Waals surface area contributed by atoms with Crippen LogP contribution in [0.25, 0.3) is 0 Å². The summed E-state index contributed by atoms with van der Waals surface area (Å²) in [6, 6.07) is 9.47. The Kier molecular flexibility index (Phi) is 3.82. The summed E-state index contributed by atoms with van der Waals surface area (Å²) >= 11 is 0. The number of hydrogen-bond acceptors (Lipinski definition) is 4. The van der Waals surface area contributed by atoms with Crippen molar-refractivity contribution in [1.82, 2.24) is 4.98 Å². The van der Waals surface area contributed by atoms with Gasteiger partial charge >= 0.3 is 0 Å². The predicted molar refractivity (Wildman–Crippen MR) is 84.6 cm³/mol. The second-order valence-corrected chi connectivity index (χ2v) is 5.63. The van der Waals surface area contributed by atoms with E-state index in [0.29, 0.717) is 17.8 Å². The molecule has 1 aliphatic heterocycles. The van der Waals surface area contributed by atoms with Crippen LogP contribution in [0.5, 0.6) is 0 Å². The van der Waals surface area contributed by atoms with Gasteiger partial charge in [0.05, 0.1) is 17.1 Å². The first kappa shape index (κ1) is 15.1. The molecular weight excluding hydrogens is 297 g/mol. The van der Waals surface area contributed by atoms with Crippen LogP contribution in [0.3, 0.4) is 0 Å². The molecule has 0 saturated carbocycles. The maximum absolute atomic E-state index is 13.0. The molecular formula is C17H16FN3O2. The Morgan fingerprint density at radius 2 is 2.04 bits per heavy atom. The number of hydrogen-bond donors (Lipinski definition) is 1. The van der Waals surface area contributed by atoms with Crippen molar-refractivity contribution >= 4 is 17.3 Å². The average molecular weight is 313 g/mol. The third-order valence-electron chi connectivity index (χ3n) is 3.77. The van der Waals surface area contributed by atoms with E-state index < -0.39 is 5.60 Å². The van der Waals surface area contributed by atoms with E-state index in [1.54, 1.807) is 37.4 Å². The van der Waals surface area contributed by atoms with Crippen molar-refractivity contribution in [3.05, 3.63) is 59.7 Å². The number of benzene rings is 1. The molecule has 2 heterocycles. The van der Waals surface area contributed by atoms with Gasteiger partial charge in [0.25, 0.3) is 5.91 Å². The first-order valence-electron chi connectivity index (χ1n) is 7.22. The van der Waals surface area contributed by atoms with Crippen molar-refractivity contribution in [2.45, 2.75) is 25.9 Å². The van der Waals surface area contributed by atoms with Crippen LogP contribution >= 0.6 is 0 Å². The summed E-state index contributed by atoms with van der Waals surface area (Å²) in [7, 11) is 0. The summed E-state index contributed by atoms with van der Waals surface area (Å²) in [6.07, 6.45) is 1.97. The second kappa shape index (κ2) is 5.79. The fraction of sp³-hybridized carbons (Fsp3) is 0.235. The quantitative estimate of drug-likeness (QED) is 0.947. The minimum Gasteiger partial charge on any atom is -0.379 e. The zero-order valence-electron chi connectivity index (χ0n) is 12.8. The lowest BCUT2D eigenvalue weighted by molar-refractivity contribution is -0.135. The number of rotatable bonds is 3. The minimum atomic E-state index is -1.11. The SMILES string of the molecule is Cc1ncccc1NC(=O)C1(C)CC(c2ccc(F)cc2)=NO1. The Hall–Kier alpha value is -2.76. The highest BCUT2D eigenvalue weighted by Crippen LogP contribution is 2.28. The lowest BCUT2D eigenvalue weighted by Crippen LogP contribution is -2.40. The summed E-state index contributed by atoms with van der Waals surface area (Å²) in [5.74, 6) is -0.615. The van der Waals surface area contributed by atoms with E-state index in [4.69, 9.17) is 4.84 Å². The number of oxime groups is 1. The molecule has 1 amide bonds. The number of halogens is 1. The number of nitrogens with one attached hydrogen (secondary N) is 1. The van der Waals surface area contributed by atoms with Gasteiger partial charge in [-0.2, -0.15) is 0 Å². The van der Waals surface area contributed by atoms with Gasteiger partial charge in [-0.15, -0.1) is 0 Å². The zero-order chi connectivity index (χ0) is 16.4. The largest absolute Gasteiger partial charge is 0.379 e. The Morgan fingerprint density at radius 1 is 1.30 bits per heavy atom. The lowest BCUT2D eigenvalue weighted by atomic mass is 9.95. The molecule has 118 valence electrons. The molecule has 0 radical (unpaired) electrons. The van der Waals surface area contributed by atoms with E-state index >= 15 is 0 Å². The number of aryl methyl sites for hydroxylation is 1. The molecule has 2 aromatic rings. The lowest BCUT2D eigenvalue weighted by Gasteiger charge is -2.20. The Labute approximate surface area is 133 Å². The van der Waals surface area contributed by atoms with Gasteiger partial charge in [0.15, 0.2) is 0 Å². The van der Waals surface area contributed by atoms with Crippen molar-refractivity contribution in [3.8, 4) is 0 Å². The number of anilines is 1. The van der Waals surface area contributed by atoms with Crippen LogP contribution in [0.15, 0.2) is 47.8 Å². The van der Waals surface area contributed by atoms with Gasteiger partial charge in [0.2, 0.25) is 5.60 Å². The highest BCUT2D eigenvalue weighted by atomic mass is 19.1. The molecule has 1 aromatic carbocycles. The van der Waals surface area contributed by atoms with Gasteiger partial charge in [-0.05, 0) is 43.7 Å². The van der Waals surface area contributed by atoms with Crippen LogP contribution in [-0.2, 0) is 9.63 Å². The third-order valence-corrected chi connectivity index (χ3v) is 3.77. The first-order valence-corrected chi connectivity index (χ1v) is 7.22. The van der Waals surface area contributed by atoms with Gasteiger partial charge in [0, 0.05) is 12.6 Å². The maximum atomic E-state index is 13.0. The van der Waals surface area contributed by atoms with Crippen molar-refractivity contribution < 1.29 is 14.0 Å². The summed E-state index contributed by atoms with van der Waals surface area (Å²) in [5, 5.41) is 6.81. The van der Waals surface area contributed by atoms with E-state index in [-0.39, 0.29) is 11.7 Å². The fourth-order valence-electron chi connectivity index (χ4n) is 2.33. The molecule has 1 aliphatic rings. The topological polar surface area (TPSA) is 63.6 Å². The highest BCUT2D eigenvalue weighted by Gasteiger charge is 2.42. The van der Waals surface area contributed by atoms with Gasteiger partial charge in [-0.1, -0.05) is 17.3 Å². The second-order valence-electron chi connectivity index (χ2n) is 5.63. The van der Waals surface area contributed by atoms with Crippen LogP contribution in [0.1, 0.15) is 24.6 Å². The number of carbonyl (C=O) groups is 1. The predicted octanol–water partition coefficient (Wildman–Crippen LogP) is 3.05. The van der Waals surface area contributed by atoms with Crippen LogP contribution in [-0.4, -0.2) is 22.2 Å². The fourth-order valence-corrected chi connectivity index (χ4v) is 2.33. The maximum Gasteiger partial charge on any atom is 0.271 e. The monoisotopic (exact) mass is 313 g/mol. The van der Waals surface area contributed by atoms with Crippen LogP contribution in [0.2, 0.25) is 0 Å². The molecule has 0 saturated heterocycles. The smallest absolute Gasteiger partial charge is 0.271 e. The summed E-state index contributed by atoms with van der Waals surface area (Å²) in [5.41, 5.74) is 1.61. The van der Waals surface area contributed by atoms with Crippen molar-refractivity contribution in [2.75, 3.05) is 5.32 Å². The molecule has 0 aliphatic carbocycles. The third kappa shape index (κ3) is 3.06. The molecule has 1 unspecified atom stereocenters. The van der Waals surface area contributed by atoms with Gasteiger partial charge in [-0.3, -0.25) is 9.78 Å². The number of nitrogens with zero attached hydrogens (tertiary/aromatic N) is 2. The Balaban J connectivity index is 1.73. The summed E-state index contributed by atoms with van der Waals surface area (Å²) < 4.78 is 13.0. The Morgan fingerprint density at radius 3 is 2.74 bits per heavy atom. The standard InChI is InChI=1S/C17H16FN3O2/c1-11-14(4-3-9-19-11)20-16(22)17(2)10-15(21-23-17)12-5-7-13(18)8-6-12/h3-9H,10H2,1-2H3,(H,20,22). The van der Waals surface area contributed by atoms with Crippen LogP contribution in [0, 0.1) is 12.7 Å². The normalized spacial score (nSPS) is 19.9. The van der Waals surface area contributed by atoms with E-state index in [1.165, 1.54) is 12.1 Å². The van der Waals surface area contributed by atoms with E-state index in [1.807, 2.05) is 6.92 Å². The first-order chi connectivity index (χ1) is 11.0. The molecule has 1 N–H and O–H groups in total. The van der Waals surface area contributed by atoms with Crippen LogP contribution < -0.4 is 5.32 Å². The van der Waals surface area contributed by atoms with E-state index in [0.717, 1.165) is 11.3 Å². The summed E-state index contributed by atoms with van der Waals surface area (Å²) in [4.78, 5) is 22.0.